The molecule has 230 valence electrons. The largest absolute Gasteiger partial charge is 0.453 e. The van der Waals surface area contributed by atoms with Gasteiger partial charge in [-0.3, -0.25) is 14.5 Å². The Bertz CT molecular complexity index is 1330. The SMILES string of the molecule is CC(=O)O[C@@H](C)C(=O)Nc1ccc([C@H]2O[C@@H](CN(C)[C@@H](C)[C@H](O)c3ccccc3)[C@@H](C)[C@@H](c3ccc(CO)cc3)O2)cc1. The van der Waals surface area contributed by atoms with Crippen molar-refractivity contribution in [3.63, 3.8) is 0 Å². The molecule has 1 heterocycles. The van der Waals surface area contributed by atoms with Crippen LogP contribution < -0.4 is 5.32 Å². The summed E-state index contributed by atoms with van der Waals surface area (Å²) in [4.78, 5) is 25.7. The highest BCUT2D eigenvalue weighted by atomic mass is 16.7. The second-order valence-electron chi connectivity index (χ2n) is 11.2. The fourth-order valence-electron chi connectivity index (χ4n) is 5.22. The smallest absolute Gasteiger partial charge is 0.303 e. The Morgan fingerprint density at radius 3 is 2.19 bits per heavy atom. The molecule has 9 heteroatoms. The number of amides is 1. The number of likely N-dealkylation sites (N-methyl/N-ethyl adjacent to an activating group) is 1. The molecule has 0 aliphatic carbocycles. The summed E-state index contributed by atoms with van der Waals surface area (Å²) >= 11 is 0. The van der Waals surface area contributed by atoms with E-state index in [1.165, 1.54) is 13.8 Å². The van der Waals surface area contributed by atoms with Crippen molar-refractivity contribution < 1.29 is 34.0 Å². The molecular formula is C34H42N2O7. The molecule has 4 rings (SSSR count). The first-order valence-electron chi connectivity index (χ1n) is 14.6. The molecule has 9 nitrogen and oxygen atoms in total. The van der Waals surface area contributed by atoms with Crippen LogP contribution >= 0.6 is 0 Å². The Morgan fingerprint density at radius 1 is 0.953 bits per heavy atom. The highest BCUT2D eigenvalue weighted by Gasteiger charge is 2.39. The van der Waals surface area contributed by atoms with Crippen LogP contribution in [0.15, 0.2) is 78.9 Å². The summed E-state index contributed by atoms with van der Waals surface area (Å²) in [7, 11) is 1.98. The summed E-state index contributed by atoms with van der Waals surface area (Å²) in [5, 5.41) is 23.3. The standard InChI is InChI=1S/C34H42N2O7/c1-21-30(19-36(5)22(2)31(39)26-9-7-6-8-10-26)42-34(43-32(21)27-13-11-25(20-37)12-14-27)28-15-17-29(18-16-28)35-33(40)23(3)41-24(4)38/h6-18,21-23,30-32,34,37,39H,19-20H2,1-5H3,(H,35,40)/t21-,22+,23+,30+,31+,32+,34+/m1/s1. The number of esters is 1. The molecule has 0 bridgehead atoms. The summed E-state index contributed by atoms with van der Waals surface area (Å²) in [6, 6.07) is 24.4. The normalized spacial score (nSPS) is 22.4. The second kappa shape index (κ2) is 14.7. The number of carbonyl (C=O) groups excluding carboxylic acids is 2. The molecule has 1 fully saturated rings. The summed E-state index contributed by atoms with van der Waals surface area (Å²) < 4.78 is 18.1. The predicted octanol–water partition coefficient (Wildman–Crippen LogP) is 4.91. The number of anilines is 1. The van der Waals surface area contributed by atoms with Crippen LogP contribution in [0.1, 0.15) is 68.4 Å². The number of hydrogen-bond donors (Lipinski definition) is 3. The third-order valence-corrected chi connectivity index (χ3v) is 8.05. The van der Waals surface area contributed by atoms with Crippen LogP contribution in [-0.4, -0.2) is 58.8 Å². The van der Waals surface area contributed by atoms with Crippen molar-refractivity contribution in [3.05, 3.63) is 101 Å². The van der Waals surface area contributed by atoms with Crippen LogP contribution in [0.5, 0.6) is 0 Å². The number of aliphatic hydroxyl groups is 2. The Kier molecular flexibility index (Phi) is 11.1. The van der Waals surface area contributed by atoms with Crippen molar-refractivity contribution >= 4 is 17.6 Å². The van der Waals surface area contributed by atoms with E-state index in [0.717, 1.165) is 22.3 Å². The molecule has 1 saturated heterocycles. The van der Waals surface area contributed by atoms with E-state index in [2.05, 4.69) is 17.1 Å². The van der Waals surface area contributed by atoms with E-state index in [4.69, 9.17) is 14.2 Å². The minimum absolute atomic E-state index is 0.0268. The van der Waals surface area contributed by atoms with Gasteiger partial charge in [-0.1, -0.05) is 73.7 Å². The fraction of sp³-hybridized carbons (Fsp3) is 0.412. The van der Waals surface area contributed by atoms with Gasteiger partial charge in [-0.05, 0) is 49.7 Å². The number of hydrogen-bond acceptors (Lipinski definition) is 8. The Hall–Kier alpha value is -3.60. The molecule has 0 spiro atoms. The van der Waals surface area contributed by atoms with Gasteiger partial charge in [0.05, 0.1) is 24.9 Å². The molecule has 7 atom stereocenters. The molecule has 0 radical (unpaired) electrons. The average molecular weight is 591 g/mol. The summed E-state index contributed by atoms with van der Waals surface area (Å²) in [6.45, 7) is 7.39. The lowest BCUT2D eigenvalue weighted by Gasteiger charge is -2.43. The first-order chi connectivity index (χ1) is 20.6. The highest BCUT2D eigenvalue weighted by Crippen LogP contribution is 2.42. The van der Waals surface area contributed by atoms with Gasteiger partial charge in [-0.2, -0.15) is 0 Å². The van der Waals surface area contributed by atoms with Crippen molar-refractivity contribution in [1.29, 1.82) is 0 Å². The highest BCUT2D eigenvalue weighted by molar-refractivity contribution is 5.94. The average Bonchev–Trinajstić information content (AvgIpc) is 3.01. The van der Waals surface area contributed by atoms with Crippen LogP contribution in [0.2, 0.25) is 0 Å². The molecular weight excluding hydrogens is 548 g/mol. The maximum atomic E-state index is 12.4. The van der Waals surface area contributed by atoms with Gasteiger partial charge in [-0.15, -0.1) is 0 Å². The molecule has 3 N–H and O–H groups in total. The second-order valence-corrected chi connectivity index (χ2v) is 11.2. The molecule has 3 aromatic carbocycles. The molecule has 1 aliphatic heterocycles. The number of ether oxygens (including phenoxy) is 3. The summed E-state index contributed by atoms with van der Waals surface area (Å²) in [5.41, 5.74) is 3.98. The van der Waals surface area contributed by atoms with Crippen LogP contribution in [0.25, 0.3) is 0 Å². The van der Waals surface area contributed by atoms with Crippen LogP contribution in [0.3, 0.4) is 0 Å². The Labute approximate surface area is 253 Å². The van der Waals surface area contributed by atoms with Gasteiger partial charge < -0.3 is 29.7 Å². The molecule has 43 heavy (non-hydrogen) atoms. The number of nitrogens with zero attached hydrogens (tertiary/aromatic N) is 1. The molecule has 0 saturated carbocycles. The summed E-state index contributed by atoms with van der Waals surface area (Å²) in [6.07, 6.45) is -2.78. The Balaban J connectivity index is 1.53. The van der Waals surface area contributed by atoms with Gasteiger partial charge in [0.2, 0.25) is 0 Å². The first-order valence-corrected chi connectivity index (χ1v) is 14.6. The zero-order valence-corrected chi connectivity index (χ0v) is 25.3. The lowest BCUT2D eigenvalue weighted by molar-refractivity contribution is -0.276. The van der Waals surface area contributed by atoms with Crippen molar-refractivity contribution in [1.82, 2.24) is 4.90 Å². The minimum atomic E-state index is -0.915. The number of benzene rings is 3. The van der Waals surface area contributed by atoms with Gasteiger partial charge in [0, 0.05) is 36.7 Å². The van der Waals surface area contributed by atoms with E-state index in [0.29, 0.717) is 12.2 Å². The maximum Gasteiger partial charge on any atom is 0.303 e. The third-order valence-electron chi connectivity index (χ3n) is 8.05. The van der Waals surface area contributed by atoms with E-state index in [9.17, 15) is 19.8 Å². The molecule has 1 aliphatic rings. The zero-order valence-electron chi connectivity index (χ0n) is 25.3. The Morgan fingerprint density at radius 2 is 1.58 bits per heavy atom. The van der Waals surface area contributed by atoms with Crippen LogP contribution in [0, 0.1) is 5.92 Å². The van der Waals surface area contributed by atoms with Gasteiger partial charge in [0.15, 0.2) is 12.4 Å². The number of carbonyl (C=O) groups is 2. The van der Waals surface area contributed by atoms with Crippen molar-refractivity contribution in [2.75, 3.05) is 18.9 Å². The minimum Gasteiger partial charge on any atom is -0.453 e. The quantitative estimate of drug-likeness (QED) is 0.270. The van der Waals surface area contributed by atoms with E-state index < -0.39 is 30.4 Å². The van der Waals surface area contributed by atoms with Crippen molar-refractivity contribution in [2.24, 2.45) is 5.92 Å². The lowest BCUT2D eigenvalue weighted by atomic mass is 9.89. The topological polar surface area (TPSA) is 118 Å². The molecule has 0 aromatic heterocycles. The number of nitrogens with one attached hydrogen (secondary N) is 1. The van der Waals surface area contributed by atoms with E-state index in [1.54, 1.807) is 12.1 Å². The molecule has 3 aromatic rings. The number of aliphatic hydroxyl groups excluding tert-OH is 2. The number of rotatable bonds is 11. The van der Waals surface area contributed by atoms with Gasteiger partial charge >= 0.3 is 5.97 Å². The molecule has 1 amide bonds. The van der Waals surface area contributed by atoms with Gasteiger partial charge in [-0.25, -0.2) is 0 Å². The first kappa shape index (κ1) is 32.3. The predicted molar refractivity (Wildman–Crippen MR) is 163 cm³/mol. The van der Waals surface area contributed by atoms with Crippen LogP contribution in [0.4, 0.5) is 5.69 Å². The zero-order chi connectivity index (χ0) is 31.1. The maximum absolute atomic E-state index is 12.4. The van der Waals surface area contributed by atoms with E-state index in [-0.39, 0.29) is 30.8 Å². The summed E-state index contributed by atoms with van der Waals surface area (Å²) in [5.74, 6) is -0.979. The van der Waals surface area contributed by atoms with E-state index >= 15 is 0 Å². The third kappa shape index (κ3) is 8.28. The van der Waals surface area contributed by atoms with Crippen molar-refractivity contribution in [2.45, 2.75) is 71.0 Å². The van der Waals surface area contributed by atoms with Gasteiger partial charge in [0.25, 0.3) is 5.91 Å². The lowest BCUT2D eigenvalue weighted by Crippen LogP contribution is -2.46. The monoisotopic (exact) mass is 590 g/mol. The van der Waals surface area contributed by atoms with E-state index in [1.807, 2.05) is 80.7 Å². The van der Waals surface area contributed by atoms with Gasteiger partial charge in [0.1, 0.15) is 0 Å². The molecule has 0 unspecified atom stereocenters. The van der Waals surface area contributed by atoms with Crippen molar-refractivity contribution in [3.8, 4) is 0 Å². The fourth-order valence-corrected chi connectivity index (χ4v) is 5.22. The van der Waals surface area contributed by atoms with Crippen LogP contribution in [-0.2, 0) is 30.4 Å².